The van der Waals surface area contributed by atoms with Gasteiger partial charge in [-0.25, -0.2) is 4.98 Å². The van der Waals surface area contributed by atoms with Gasteiger partial charge in [0, 0.05) is 16.7 Å². The standard InChI is InChI=1S/C13H17ClN2O3/c1-7(12(18)19)15-11(17)8-5-9(13(2,3)4)16-10(14)6-8/h5-7H,1-4H3,(H,15,17)(H,18,19)/t7-/m0/s1. The summed E-state index contributed by atoms with van der Waals surface area (Å²) < 4.78 is 0. The summed E-state index contributed by atoms with van der Waals surface area (Å²) in [6.45, 7) is 7.25. The molecule has 0 fully saturated rings. The number of carbonyl (C=O) groups is 2. The van der Waals surface area contributed by atoms with Gasteiger partial charge in [0.2, 0.25) is 0 Å². The van der Waals surface area contributed by atoms with Crippen molar-refractivity contribution in [2.45, 2.75) is 39.2 Å². The van der Waals surface area contributed by atoms with Gasteiger partial charge in [0.25, 0.3) is 5.91 Å². The Hall–Kier alpha value is -1.62. The fourth-order valence-corrected chi connectivity index (χ4v) is 1.56. The van der Waals surface area contributed by atoms with E-state index in [0.717, 1.165) is 0 Å². The van der Waals surface area contributed by atoms with Gasteiger partial charge in [-0.3, -0.25) is 9.59 Å². The molecule has 0 saturated carbocycles. The molecule has 104 valence electrons. The van der Waals surface area contributed by atoms with Gasteiger partial charge in [-0.15, -0.1) is 0 Å². The van der Waals surface area contributed by atoms with E-state index >= 15 is 0 Å². The van der Waals surface area contributed by atoms with E-state index in [0.29, 0.717) is 11.3 Å². The maximum Gasteiger partial charge on any atom is 0.325 e. The van der Waals surface area contributed by atoms with Crippen LogP contribution in [0.2, 0.25) is 5.15 Å². The molecule has 0 aliphatic rings. The summed E-state index contributed by atoms with van der Waals surface area (Å²) in [5.41, 5.74) is 0.726. The minimum atomic E-state index is -1.09. The Labute approximate surface area is 117 Å². The molecule has 1 rings (SSSR count). The van der Waals surface area contributed by atoms with Crippen LogP contribution in [0.3, 0.4) is 0 Å². The van der Waals surface area contributed by atoms with E-state index in [2.05, 4.69) is 10.3 Å². The zero-order valence-electron chi connectivity index (χ0n) is 11.3. The van der Waals surface area contributed by atoms with Crippen LogP contribution in [0.5, 0.6) is 0 Å². The molecule has 1 aromatic heterocycles. The number of carboxylic acids is 1. The number of aliphatic carboxylic acids is 1. The van der Waals surface area contributed by atoms with Crippen molar-refractivity contribution >= 4 is 23.5 Å². The third kappa shape index (κ3) is 4.21. The van der Waals surface area contributed by atoms with Crippen LogP contribution in [0.25, 0.3) is 0 Å². The van der Waals surface area contributed by atoms with Crippen LogP contribution in [0.4, 0.5) is 0 Å². The van der Waals surface area contributed by atoms with E-state index in [4.69, 9.17) is 16.7 Å². The second-order valence-electron chi connectivity index (χ2n) is 5.35. The van der Waals surface area contributed by atoms with Crippen molar-refractivity contribution in [2.75, 3.05) is 0 Å². The normalized spacial score (nSPS) is 12.9. The molecule has 0 unspecified atom stereocenters. The largest absolute Gasteiger partial charge is 0.480 e. The third-order valence-corrected chi connectivity index (χ3v) is 2.74. The maximum absolute atomic E-state index is 11.9. The smallest absolute Gasteiger partial charge is 0.325 e. The zero-order chi connectivity index (χ0) is 14.8. The van der Waals surface area contributed by atoms with Gasteiger partial charge in [0.15, 0.2) is 0 Å². The number of carbonyl (C=O) groups excluding carboxylic acids is 1. The summed E-state index contributed by atoms with van der Waals surface area (Å²) in [6, 6.07) is 2.08. The number of nitrogens with zero attached hydrogens (tertiary/aromatic N) is 1. The fraction of sp³-hybridized carbons (Fsp3) is 0.462. The second kappa shape index (κ2) is 5.57. The molecule has 5 nitrogen and oxygen atoms in total. The van der Waals surface area contributed by atoms with Crippen LogP contribution in [0.1, 0.15) is 43.7 Å². The number of pyridine rings is 1. The lowest BCUT2D eigenvalue weighted by Crippen LogP contribution is -2.38. The van der Waals surface area contributed by atoms with Crippen molar-refractivity contribution in [2.24, 2.45) is 0 Å². The monoisotopic (exact) mass is 284 g/mol. The molecule has 6 heteroatoms. The minimum absolute atomic E-state index is 0.209. The second-order valence-corrected chi connectivity index (χ2v) is 5.73. The van der Waals surface area contributed by atoms with Gasteiger partial charge in [-0.05, 0) is 19.1 Å². The third-order valence-electron chi connectivity index (χ3n) is 2.54. The van der Waals surface area contributed by atoms with Crippen LogP contribution < -0.4 is 5.32 Å². The molecule has 0 saturated heterocycles. The SMILES string of the molecule is C[C@H](NC(=O)c1cc(Cl)nc(C(C)(C)C)c1)C(=O)O. The van der Waals surface area contributed by atoms with Gasteiger partial charge in [0.1, 0.15) is 11.2 Å². The minimum Gasteiger partial charge on any atom is -0.480 e. The first-order valence-corrected chi connectivity index (χ1v) is 6.21. The molecule has 1 atom stereocenters. The topological polar surface area (TPSA) is 79.3 Å². The van der Waals surface area contributed by atoms with Gasteiger partial charge in [0.05, 0.1) is 0 Å². The Bertz CT molecular complexity index is 509. The highest BCUT2D eigenvalue weighted by atomic mass is 35.5. The van der Waals surface area contributed by atoms with Crippen molar-refractivity contribution in [1.29, 1.82) is 0 Å². The number of hydrogen-bond donors (Lipinski definition) is 2. The van der Waals surface area contributed by atoms with E-state index in [1.54, 1.807) is 6.07 Å². The number of carboxylic acid groups (broad SMARTS) is 1. The number of amides is 1. The molecule has 0 bridgehead atoms. The average Bonchev–Trinajstić information content (AvgIpc) is 2.26. The van der Waals surface area contributed by atoms with Gasteiger partial charge < -0.3 is 10.4 Å². The highest BCUT2D eigenvalue weighted by Gasteiger charge is 2.20. The van der Waals surface area contributed by atoms with Crippen molar-refractivity contribution in [3.63, 3.8) is 0 Å². The number of nitrogens with one attached hydrogen (secondary N) is 1. The predicted octanol–water partition coefficient (Wildman–Crippen LogP) is 2.24. The van der Waals surface area contributed by atoms with Crippen LogP contribution >= 0.6 is 11.6 Å². The van der Waals surface area contributed by atoms with E-state index in [1.807, 2.05) is 20.8 Å². The van der Waals surface area contributed by atoms with Gasteiger partial charge in [-0.1, -0.05) is 32.4 Å². The number of halogens is 1. The summed E-state index contributed by atoms with van der Waals surface area (Å²) >= 11 is 5.89. The van der Waals surface area contributed by atoms with Crippen molar-refractivity contribution < 1.29 is 14.7 Å². The first-order valence-electron chi connectivity index (χ1n) is 5.83. The van der Waals surface area contributed by atoms with Gasteiger partial charge >= 0.3 is 5.97 Å². The van der Waals surface area contributed by atoms with Crippen LogP contribution in [0, 0.1) is 0 Å². The molecule has 19 heavy (non-hydrogen) atoms. The molecular weight excluding hydrogens is 268 g/mol. The van der Waals surface area contributed by atoms with Crippen molar-refractivity contribution in [1.82, 2.24) is 10.3 Å². The lowest BCUT2D eigenvalue weighted by molar-refractivity contribution is -0.138. The van der Waals surface area contributed by atoms with Crippen molar-refractivity contribution in [3.05, 3.63) is 28.5 Å². The molecule has 0 radical (unpaired) electrons. The number of rotatable bonds is 3. The van der Waals surface area contributed by atoms with Crippen LogP contribution in [-0.2, 0) is 10.2 Å². The quantitative estimate of drug-likeness (QED) is 0.834. The van der Waals surface area contributed by atoms with E-state index in [-0.39, 0.29) is 10.6 Å². The number of aromatic nitrogens is 1. The molecule has 0 aromatic carbocycles. The first kappa shape index (κ1) is 15.4. The molecule has 1 aromatic rings. The Balaban J connectivity index is 3.04. The molecule has 0 aliphatic carbocycles. The number of hydrogen-bond acceptors (Lipinski definition) is 3. The molecule has 2 N–H and O–H groups in total. The Kier molecular flexibility index (Phi) is 4.52. The van der Waals surface area contributed by atoms with Crippen LogP contribution in [0.15, 0.2) is 12.1 Å². The first-order chi connectivity index (χ1) is 8.61. The lowest BCUT2D eigenvalue weighted by atomic mass is 9.91. The molecular formula is C13H17ClN2O3. The predicted molar refractivity (Wildman–Crippen MR) is 72.5 cm³/mol. The van der Waals surface area contributed by atoms with Crippen LogP contribution in [-0.4, -0.2) is 28.0 Å². The molecule has 1 amide bonds. The summed E-state index contributed by atoms with van der Waals surface area (Å²) in [6.07, 6.45) is 0. The average molecular weight is 285 g/mol. The summed E-state index contributed by atoms with van der Waals surface area (Å²) in [4.78, 5) is 26.8. The van der Waals surface area contributed by atoms with E-state index < -0.39 is 17.9 Å². The Morgan fingerprint density at radius 3 is 2.42 bits per heavy atom. The summed E-state index contributed by atoms with van der Waals surface area (Å²) in [5.74, 6) is -1.57. The Morgan fingerprint density at radius 2 is 1.95 bits per heavy atom. The fourth-order valence-electron chi connectivity index (χ4n) is 1.35. The summed E-state index contributed by atoms with van der Waals surface area (Å²) in [5, 5.41) is 11.3. The summed E-state index contributed by atoms with van der Waals surface area (Å²) in [7, 11) is 0. The molecule has 1 heterocycles. The maximum atomic E-state index is 11.9. The highest BCUT2D eigenvalue weighted by Crippen LogP contribution is 2.23. The van der Waals surface area contributed by atoms with Gasteiger partial charge in [-0.2, -0.15) is 0 Å². The molecule has 0 aliphatic heterocycles. The zero-order valence-corrected chi connectivity index (χ0v) is 12.1. The van der Waals surface area contributed by atoms with Crippen molar-refractivity contribution in [3.8, 4) is 0 Å². The highest BCUT2D eigenvalue weighted by molar-refractivity contribution is 6.29. The lowest BCUT2D eigenvalue weighted by Gasteiger charge is -2.19. The van der Waals surface area contributed by atoms with E-state index in [1.165, 1.54) is 13.0 Å². The molecule has 0 spiro atoms. The van der Waals surface area contributed by atoms with E-state index in [9.17, 15) is 9.59 Å². The Morgan fingerprint density at radius 1 is 1.37 bits per heavy atom.